The van der Waals surface area contributed by atoms with Crippen LogP contribution in [0.1, 0.15) is 17.4 Å². The molecule has 3 nitrogen and oxygen atoms in total. The largest absolute Gasteiger partial charge is 0.392 e. The molecule has 84 valence electrons. The van der Waals surface area contributed by atoms with Crippen molar-refractivity contribution in [2.45, 2.75) is 20.0 Å². The Hall–Kier alpha value is -1.39. The van der Waals surface area contributed by atoms with Gasteiger partial charge in [-0.3, -0.25) is 0 Å². The second-order valence-corrected chi connectivity index (χ2v) is 4.65. The van der Waals surface area contributed by atoms with Crippen molar-refractivity contribution in [2.75, 3.05) is 5.73 Å². The van der Waals surface area contributed by atoms with Crippen molar-refractivity contribution >= 4 is 16.5 Å². The van der Waals surface area contributed by atoms with Crippen molar-refractivity contribution in [3.63, 3.8) is 0 Å². The van der Waals surface area contributed by atoms with Gasteiger partial charge in [0.1, 0.15) is 0 Å². The molecule has 0 atom stereocenters. The van der Waals surface area contributed by atoms with Crippen LogP contribution < -0.4 is 5.73 Å². The molecule has 0 saturated carbocycles. The molecule has 0 fully saturated rings. The maximum atomic E-state index is 9.10. The van der Waals surface area contributed by atoms with E-state index >= 15 is 0 Å². The summed E-state index contributed by atoms with van der Waals surface area (Å²) in [6, 6.07) is 7.77. The highest BCUT2D eigenvalue weighted by atomic mass is 32.1. The lowest BCUT2D eigenvalue weighted by molar-refractivity contribution is 0.282. The molecule has 0 aliphatic rings. The molecule has 2 aromatic rings. The van der Waals surface area contributed by atoms with Gasteiger partial charge in [-0.05, 0) is 18.1 Å². The first-order valence-electron chi connectivity index (χ1n) is 5.20. The van der Waals surface area contributed by atoms with Crippen LogP contribution in [0, 0.1) is 0 Å². The van der Waals surface area contributed by atoms with E-state index in [9.17, 15) is 0 Å². The van der Waals surface area contributed by atoms with Crippen LogP contribution in [-0.2, 0) is 13.0 Å². The van der Waals surface area contributed by atoms with Gasteiger partial charge in [-0.1, -0.05) is 25.1 Å². The van der Waals surface area contributed by atoms with Crippen molar-refractivity contribution in [2.24, 2.45) is 0 Å². The molecule has 1 heterocycles. The van der Waals surface area contributed by atoms with Crippen molar-refractivity contribution in [1.82, 2.24) is 4.98 Å². The van der Waals surface area contributed by atoms with Gasteiger partial charge in [0, 0.05) is 10.4 Å². The van der Waals surface area contributed by atoms with E-state index in [2.05, 4.69) is 11.9 Å². The average molecular weight is 234 g/mol. The van der Waals surface area contributed by atoms with Crippen molar-refractivity contribution in [1.29, 1.82) is 0 Å². The molecular formula is C12H14N2OS. The van der Waals surface area contributed by atoms with Crippen LogP contribution in [0.3, 0.4) is 0 Å². The number of aliphatic hydroxyl groups excluding tert-OH is 1. The lowest BCUT2D eigenvalue weighted by Crippen LogP contribution is -1.88. The summed E-state index contributed by atoms with van der Waals surface area (Å²) in [5.41, 5.74) is 8.58. The zero-order valence-corrected chi connectivity index (χ0v) is 9.92. The molecule has 16 heavy (non-hydrogen) atoms. The predicted molar refractivity (Wildman–Crippen MR) is 67.3 cm³/mol. The molecule has 0 aliphatic carbocycles. The number of nitrogen functional groups attached to an aromatic ring is 1. The van der Waals surface area contributed by atoms with Crippen LogP contribution in [0.25, 0.3) is 11.3 Å². The first-order chi connectivity index (χ1) is 7.74. The molecule has 1 aromatic carbocycles. The van der Waals surface area contributed by atoms with Crippen LogP contribution in [0.5, 0.6) is 0 Å². The third-order valence-corrected chi connectivity index (χ3v) is 3.45. The molecule has 0 unspecified atom stereocenters. The second kappa shape index (κ2) is 4.63. The van der Waals surface area contributed by atoms with Crippen molar-refractivity contribution < 1.29 is 5.11 Å². The highest BCUT2D eigenvalue weighted by Crippen LogP contribution is 2.30. The van der Waals surface area contributed by atoms with E-state index in [0.717, 1.165) is 23.2 Å². The Kier molecular flexibility index (Phi) is 3.22. The monoisotopic (exact) mass is 234 g/mol. The summed E-state index contributed by atoms with van der Waals surface area (Å²) in [6.45, 7) is 2.14. The van der Waals surface area contributed by atoms with Crippen molar-refractivity contribution in [3.8, 4) is 11.3 Å². The molecule has 0 saturated heterocycles. The van der Waals surface area contributed by atoms with Gasteiger partial charge in [0.05, 0.1) is 12.3 Å². The van der Waals surface area contributed by atoms with Crippen LogP contribution >= 0.6 is 11.3 Å². The van der Waals surface area contributed by atoms with E-state index in [1.165, 1.54) is 16.2 Å². The fraction of sp³-hybridized carbons (Fsp3) is 0.250. The highest BCUT2D eigenvalue weighted by Gasteiger charge is 2.10. The Morgan fingerprint density at radius 1 is 1.44 bits per heavy atom. The number of rotatable bonds is 3. The Balaban J connectivity index is 2.48. The Morgan fingerprint density at radius 2 is 2.25 bits per heavy atom. The lowest BCUT2D eigenvalue weighted by Gasteiger charge is -2.02. The van der Waals surface area contributed by atoms with Gasteiger partial charge in [0.15, 0.2) is 5.13 Å². The van der Waals surface area contributed by atoms with E-state index in [1.807, 2.05) is 24.3 Å². The lowest BCUT2D eigenvalue weighted by atomic mass is 10.1. The summed E-state index contributed by atoms with van der Waals surface area (Å²) in [7, 11) is 0. The molecule has 2 rings (SSSR count). The third kappa shape index (κ3) is 2.08. The number of benzene rings is 1. The topological polar surface area (TPSA) is 59.1 Å². The maximum absolute atomic E-state index is 9.10. The van der Waals surface area contributed by atoms with Crippen LogP contribution in [-0.4, -0.2) is 10.1 Å². The number of hydrogen-bond donors (Lipinski definition) is 2. The quantitative estimate of drug-likeness (QED) is 0.857. The van der Waals surface area contributed by atoms with E-state index in [0.29, 0.717) is 5.13 Å². The number of aryl methyl sites for hydroxylation is 1. The molecule has 4 heteroatoms. The second-order valence-electron chi connectivity index (χ2n) is 3.54. The van der Waals surface area contributed by atoms with Gasteiger partial charge >= 0.3 is 0 Å². The number of nitrogens with two attached hydrogens (primary N) is 1. The maximum Gasteiger partial charge on any atom is 0.180 e. The molecule has 0 amide bonds. The molecule has 0 bridgehead atoms. The van der Waals surface area contributed by atoms with Gasteiger partial charge in [-0.2, -0.15) is 0 Å². The van der Waals surface area contributed by atoms with Gasteiger partial charge < -0.3 is 10.8 Å². The van der Waals surface area contributed by atoms with Gasteiger partial charge in [0.2, 0.25) is 0 Å². The summed E-state index contributed by atoms with van der Waals surface area (Å²) < 4.78 is 0. The number of hydrogen-bond acceptors (Lipinski definition) is 4. The minimum Gasteiger partial charge on any atom is -0.392 e. The fourth-order valence-corrected chi connectivity index (χ4v) is 2.45. The zero-order valence-electron chi connectivity index (χ0n) is 9.10. The summed E-state index contributed by atoms with van der Waals surface area (Å²) in [4.78, 5) is 5.53. The molecule has 1 aromatic heterocycles. The minimum absolute atomic E-state index is 0.0505. The Labute approximate surface area is 98.6 Å². The number of nitrogens with zero attached hydrogens (tertiary/aromatic N) is 1. The number of anilines is 1. The minimum atomic E-state index is 0.0505. The summed E-state index contributed by atoms with van der Waals surface area (Å²) in [6.07, 6.45) is 0.924. The van der Waals surface area contributed by atoms with E-state index in [1.54, 1.807) is 0 Å². The first-order valence-corrected chi connectivity index (χ1v) is 6.01. The molecular weight excluding hydrogens is 220 g/mol. The highest BCUT2D eigenvalue weighted by molar-refractivity contribution is 7.15. The van der Waals surface area contributed by atoms with Crippen LogP contribution in [0.4, 0.5) is 5.13 Å². The van der Waals surface area contributed by atoms with Crippen LogP contribution in [0.2, 0.25) is 0 Å². The normalized spacial score (nSPS) is 10.6. The standard InChI is InChI=1S/C12H14N2OS/c1-2-10-11(14-12(13)16-10)9-5-3-4-8(6-9)7-15/h3-6,15H,2,7H2,1H3,(H2,13,14). The smallest absolute Gasteiger partial charge is 0.180 e. The Bertz CT molecular complexity index is 494. The predicted octanol–water partition coefficient (Wildman–Crippen LogP) is 2.45. The summed E-state index contributed by atoms with van der Waals surface area (Å²) in [5.74, 6) is 0. The van der Waals surface area contributed by atoms with E-state index in [-0.39, 0.29) is 6.61 Å². The molecule has 3 N–H and O–H groups in total. The Morgan fingerprint density at radius 3 is 2.94 bits per heavy atom. The van der Waals surface area contributed by atoms with E-state index < -0.39 is 0 Å². The zero-order chi connectivity index (χ0) is 11.5. The number of thiazole rings is 1. The molecule has 0 radical (unpaired) electrons. The van der Waals surface area contributed by atoms with Crippen LogP contribution in [0.15, 0.2) is 24.3 Å². The van der Waals surface area contributed by atoms with Gasteiger partial charge in [-0.25, -0.2) is 4.98 Å². The van der Waals surface area contributed by atoms with Crippen molar-refractivity contribution in [3.05, 3.63) is 34.7 Å². The summed E-state index contributed by atoms with van der Waals surface area (Å²) in [5, 5.41) is 9.70. The molecule has 0 spiro atoms. The summed E-state index contributed by atoms with van der Waals surface area (Å²) >= 11 is 1.53. The average Bonchev–Trinajstić information content (AvgIpc) is 2.70. The SMILES string of the molecule is CCc1sc(N)nc1-c1cccc(CO)c1. The molecule has 0 aliphatic heterocycles. The van der Waals surface area contributed by atoms with E-state index in [4.69, 9.17) is 10.8 Å². The first kappa shape index (κ1) is 11.1. The number of aromatic nitrogens is 1. The number of aliphatic hydroxyl groups is 1. The third-order valence-electron chi connectivity index (χ3n) is 2.42. The fourth-order valence-electron chi connectivity index (χ4n) is 1.65. The van der Waals surface area contributed by atoms with Gasteiger partial charge in [0.25, 0.3) is 0 Å². The van der Waals surface area contributed by atoms with Gasteiger partial charge in [-0.15, -0.1) is 11.3 Å².